The molecular formula is C25H14Cl4F3N3O3. The lowest BCUT2D eigenvalue weighted by Crippen LogP contribution is -2.27. The van der Waals surface area contributed by atoms with Gasteiger partial charge in [0.05, 0.1) is 26.2 Å². The first kappa shape index (κ1) is 27.9. The second kappa shape index (κ2) is 10.9. The fourth-order valence-corrected chi connectivity index (χ4v) is 4.74. The van der Waals surface area contributed by atoms with E-state index in [0.717, 1.165) is 4.57 Å². The van der Waals surface area contributed by atoms with Crippen LogP contribution in [0.5, 0.6) is 0 Å². The molecule has 0 saturated carbocycles. The monoisotopic (exact) mass is 601 g/mol. The summed E-state index contributed by atoms with van der Waals surface area (Å²) in [5, 5.41) is 12.4. The quantitative estimate of drug-likeness (QED) is 0.121. The first-order valence-corrected chi connectivity index (χ1v) is 12.2. The van der Waals surface area contributed by atoms with Gasteiger partial charge < -0.3 is 4.57 Å². The van der Waals surface area contributed by atoms with Crippen LogP contribution in [0.15, 0.2) is 60.7 Å². The number of nitro groups is 1. The molecule has 0 atom stereocenters. The Kier molecular flexibility index (Phi) is 8.04. The van der Waals surface area contributed by atoms with E-state index < -0.39 is 28.3 Å². The SMILES string of the molecule is O=C(c1c(Cc2c(Cl)cccc2Cl)nc(-c2ccccc2[N+](=O)[O-])n1Cc1ccc(Cl)c(Cl)c1)C(F)(F)F. The summed E-state index contributed by atoms with van der Waals surface area (Å²) in [6, 6.07) is 14.3. The van der Waals surface area contributed by atoms with Crippen LogP contribution in [0.2, 0.25) is 20.1 Å². The van der Waals surface area contributed by atoms with Crippen LogP contribution in [-0.2, 0) is 13.0 Å². The normalized spacial score (nSPS) is 11.6. The molecule has 1 aromatic heterocycles. The van der Waals surface area contributed by atoms with Gasteiger partial charge in [-0.3, -0.25) is 14.9 Å². The van der Waals surface area contributed by atoms with Gasteiger partial charge in [0.25, 0.3) is 11.5 Å². The van der Waals surface area contributed by atoms with Crippen LogP contribution in [0.3, 0.4) is 0 Å². The van der Waals surface area contributed by atoms with Gasteiger partial charge in [0, 0.05) is 29.1 Å². The number of hydrogen-bond acceptors (Lipinski definition) is 4. The number of Topliss-reactive ketones (excluding diaryl/α,β-unsaturated/α-hetero) is 1. The van der Waals surface area contributed by atoms with E-state index in [9.17, 15) is 28.1 Å². The Morgan fingerprint density at radius 1 is 0.921 bits per heavy atom. The third-order valence-electron chi connectivity index (χ3n) is 5.58. The highest BCUT2D eigenvalue weighted by molar-refractivity contribution is 6.42. The highest BCUT2D eigenvalue weighted by Crippen LogP contribution is 2.36. The molecule has 1 heterocycles. The molecule has 0 unspecified atom stereocenters. The summed E-state index contributed by atoms with van der Waals surface area (Å²) in [5.41, 5.74) is -1.02. The molecule has 4 aromatic rings. The highest BCUT2D eigenvalue weighted by atomic mass is 35.5. The fourth-order valence-electron chi connectivity index (χ4n) is 3.88. The van der Waals surface area contributed by atoms with Gasteiger partial charge in [-0.1, -0.05) is 70.7 Å². The van der Waals surface area contributed by atoms with Crippen molar-refractivity contribution in [2.75, 3.05) is 0 Å². The number of para-hydroxylation sites is 1. The largest absolute Gasteiger partial charge is 0.456 e. The lowest BCUT2D eigenvalue weighted by atomic mass is 10.1. The van der Waals surface area contributed by atoms with Crippen molar-refractivity contribution in [1.29, 1.82) is 0 Å². The van der Waals surface area contributed by atoms with E-state index in [0.29, 0.717) is 5.56 Å². The number of alkyl halides is 3. The van der Waals surface area contributed by atoms with Crippen LogP contribution < -0.4 is 0 Å². The average Bonchev–Trinajstić information content (AvgIpc) is 3.19. The Bertz CT molecular complexity index is 1550. The van der Waals surface area contributed by atoms with Crippen LogP contribution in [-0.4, -0.2) is 26.4 Å². The fraction of sp³-hybridized carbons (Fsp3) is 0.120. The topological polar surface area (TPSA) is 78.0 Å². The number of carbonyl (C=O) groups excluding carboxylic acids is 1. The Morgan fingerprint density at radius 2 is 1.58 bits per heavy atom. The number of nitrogens with zero attached hydrogens (tertiary/aromatic N) is 3. The zero-order valence-corrected chi connectivity index (χ0v) is 21.9. The summed E-state index contributed by atoms with van der Waals surface area (Å²) in [6.45, 7) is -0.335. The number of benzene rings is 3. The van der Waals surface area contributed by atoms with E-state index in [4.69, 9.17) is 46.4 Å². The average molecular weight is 603 g/mol. The predicted molar refractivity (Wildman–Crippen MR) is 140 cm³/mol. The number of hydrogen-bond donors (Lipinski definition) is 0. The molecule has 0 aliphatic carbocycles. The summed E-state index contributed by atoms with van der Waals surface area (Å²) < 4.78 is 42.6. The molecule has 0 saturated heterocycles. The van der Waals surface area contributed by atoms with Crippen molar-refractivity contribution in [2.45, 2.75) is 19.1 Å². The number of aromatic nitrogens is 2. The van der Waals surface area contributed by atoms with E-state index in [1.54, 1.807) is 6.07 Å². The van der Waals surface area contributed by atoms with Crippen molar-refractivity contribution in [1.82, 2.24) is 9.55 Å². The first-order valence-electron chi connectivity index (χ1n) is 10.7. The van der Waals surface area contributed by atoms with E-state index in [2.05, 4.69) is 4.98 Å². The molecule has 0 amide bonds. The predicted octanol–water partition coefficient (Wildman–Crippen LogP) is 8.46. The summed E-state index contributed by atoms with van der Waals surface area (Å²) in [7, 11) is 0. The van der Waals surface area contributed by atoms with Crippen LogP contribution in [0.1, 0.15) is 27.3 Å². The molecule has 3 aromatic carbocycles. The summed E-state index contributed by atoms with van der Waals surface area (Å²) in [6.07, 6.45) is -5.63. The molecule has 6 nitrogen and oxygen atoms in total. The van der Waals surface area contributed by atoms with Crippen molar-refractivity contribution in [3.63, 3.8) is 0 Å². The molecule has 196 valence electrons. The lowest BCUT2D eigenvalue weighted by molar-refractivity contribution is -0.384. The minimum Gasteiger partial charge on any atom is -0.316 e. The van der Waals surface area contributed by atoms with Crippen LogP contribution >= 0.6 is 46.4 Å². The van der Waals surface area contributed by atoms with Gasteiger partial charge in [-0.2, -0.15) is 13.2 Å². The maximum absolute atomic E-state index is 13.9. The summed E-state index contributed by atoms with van der Waals surface area (Å²) >= 11 is 24.6. The second-order valence-corrected chi connectivity index (χ2v) is 9.67. The molecule has 0 aliphatic heterocycles. The Morgan fingerprint density at radius 3 is 2.18 bits per heavy atom. The van der Waals surface area contributed by atoms with E-state index in [-0.39, 0.29) is 55.7 Å². The molecule has 0 N–H and O–H groups in total. The Labute approximate surface area is 233 Å². The van der Waals surface area contributed by atoms with Crippen molar-refractivity contribution in [3.8, 4) is 11.4 Å². The van der Waals surface area contributed by atoms with Gasteiger partial charge in [-0.25, -0.2) is 4.98 Å². The zero-order chi connectivity index (χ0) is 27.8. The molecule has 0 spiro atoms. The number of rotatable bonds is 7. The van der Waals surface area contributed by atoms with Crippen molar-refractivity contribution >= 4 is 57.9 Å². The van der Waals surface area contributed by atoms with Crippen molar-refractivity contribution in [2.24, 2.45) is 0 Å². The second-order valence-electron chi connectivity index (χ2n) is 8.04. The Balaban J connectivity index is 2.04. The first-order chi connectivity index (χ1) is 17.9. The number of imidazole rings is 1. The molecule has 4 rings (SSSR count). The molecule has 0 radical (unpaired) electrons. The highest BCUT2D eigenvalue weighted by Gasteiger charge is 2.44. The van der Waals surface area contributed by atoms with Crippen molar-refractivity contribution < 1.29 is 22.9 Å². The van der Waals surface area contributed by atoms with E-state index in [1.807, 2.05) is 0 Å². The summed E-state index contributed by atoms with van der Waals surface area (Å²) in [4.78, 5) is 28.2. The third kappa shape index (κ3) is 5.66. The van der Waals surface area contributed by atoms with E-state index in [1.165, 1.54) is 54.6 Å². The maximum Gasteiger partial charge on any atom is 0.456 e. The third-order valence-corrected chi connectivity index (χ3v) is 7.03. The van der Waals surface area contributed by atoms with Crippen LogP contribution in [0, 0.1) is 10.1 Å². The van der Waals surface area contributed by atoms with Gasteiger partial charge in [-0.05, 0) is 41.5 Å². The number of ketones is 1. The minimum absolute atomic E-state index is 0.0923. The zero-order valence-electron chi connectivity index (χ0n) is 18.9. The van der Waals surface area contributed by atoms with Crippen molar-refractivity contribution in [3.05, 3.63) is 113 Å². The van der Waals surface area contributed by atoms with Gasteiger partial charge in [-0.15, -0.1) is 0 Å². The number of nitro benzene ring substituents is 1. The molecular weight excluding hydrogens is 589 g/mol. The van der Waals surface area contributed by atoms with E-state index >= 15 is 0 Å². The smallest absolute Gasteiger partial charge is 0.316 e. The Hall–Kier alpha value is -3.11. The molecule has 38 heavy (non-hydrogen) atoms. The molecule has 13 heteroatoms. The standard InChI is InChI=1S/C25H14Cl4F3N3O3/c26-16-5-3-6-17(27)15(16)11-20-22(23(36)25(30,31)32)34(12-13-8-9-18(28)19(29)10-13)24(33-20)14-4-1-2-7-21(14)35(37)38/h1-10H,11-12H2. The lowest BCUT2D eigenvalue weighted by Gasteiger charge is -2.15. The molecule has 0 bridgehead atoms. The molecule has 0 fully saturated rings. The van der Waals surface area contributed by atoms with Gasteiger partial charge >= 0.3 is 6.18 Å². The van der Waals surface area contributed by atoms with Gasteiger partial charge in [0.2, 0.25) is 0 Å². The number of carbonyl (C=O) groups is 1. The number of halogens is 7. The maximum atomic E-state index is 13.9. The van der Waals surface area contributed by atoms with Gasteiger partial charge in [0.1, 0.15) is 11.5 Å². The van der Waals surface area contributed by atoms with Crippen LogP contribution in [0.4, 0.5) is 18.9 Å². The minimum atomic E-state index is -5.28. The van der Waals surface area contributed by atoms with Crippen LogP contribution in [0.25, 0.3) is 11.4 Å². The summed E-state index contributed by atoms with van der Waals surface area (Å²) in [5.74, 6) is -2.41. The molecule has 0 aliphatic rings. The van der Waals surface area contributed by atoms with Gasteiger partial charge in [0.15, 0.2) is 0 Å².